The van der Waals surface area contributed by atoms with Crippen LogP contribution in [0.4, 0.5) is 0 Å². The quantitative estimate of drug-likeness (QED) is 0.0212. The number of ether oxygens (including phenoxy) is 1. The number of nitrogens with one attached hydrogen (secondary N) is 1. The number of amides is 1. The SMILES string of the molecule is CCCCC/C=C\C/C=C\CCCCCCCCCCCCCC(=O)NC(COP(=O)([O-])OCC[N+](C)(C)C)C(/C=C/CCCCCCCCCCCC)OC(=O)CCCCCCCCCCCCC/C=C\C/C=C\CCCCC. The topological polar surface area (TPSA) is 114 Å². The molecule has 3 unspecified atom stereocenters. The molecule has 0 aliphatic heterocycles. The maximum absolute atomic E-state index is 13.6. The second-order valence-corrected chi connectivity index (χ2v) is 25.7. The number of allylic oxidation sites excluding steroid dienone is 9. The van der Waals surface area contributed by atoms with E-state index in [1.807, 2.05) is 33.3 Å². The second-order valence-electron chi connectivity index (χ2n) is 24.3. The summed E-state index contributed by atoms with van der Waals surface area (Å²) in [6.07, 6.45) is 76.1. The van der Waals surface area contributed by atoms with Gasteiger partial charge in [-0.2, -0.15) is 0 Å². The van der Waals surface area contributed by atoms with E-state index in [0.29, 0.717) is 17.4 Å². The molecule has 0 bridgehead atoms. The van der Waals surface area contributed by atoms with Gasteiger partial charge < -0.3 is 28.5 Å². The largest absolute Gasteiger partial charge is 0.756 e. The summed E-state index contributed by atoms with van der Waals surface area (Å²) in [7, 11) is 1.19. The number of carbonyl (C=O) groups is 2. The van der Waals surface area contributed by atoms with Crippen LogP contribution >= 0.6 is 7.82 Å². The molecule has 0 rings (SSSR count). The lowest BCUT2D eigenvalue weighted by atomic mass is 10.0. The molecule has 0 aliphatic rings. The number of carbonyl (C=O) groups excluding carboxylic acids is 2. The number of esters is 1. The number of nitrogens with zero attached hydrogens (tertiary/aromatic N) is 1. The highest BCUT2D eigenvalue weighted by Crippen LogP contribution is 2.38. The van der Waals surface area contributed by atoms with Gasteiger partial charge in [-0.3, -0.25) is 14.2 Å². The lowest BCUT2D eigenvalue weighted by Gasteiger charge is -2.30. The molecule has 0 aliphatic carbocycles. The van der Waals surface area contributed by atoms with Crippen LogP contribution in [-0.4, -0.2) is 69.4 Å². The van der Waals surface area contributed by atoms with E-state index in [1.54, 1.807) is 0 Å². The van der Waals surface area contributed by atoms with Gasteiger partial charge in [-0.15, -0.1) is 0 Å². The van der Waals surface area contributed by atoms with Crippen LogP contribution in [0.25, 0.3) is 0 Å². The van der Waals surface area contributed by atoms with Crippen LogP contribution in [0.15, 0.2) is 60.8 Å². The smallest absolute Gasteiger partial charge is 0.306 e. The van der Waals surface area contributed by atoms with Crippen molar-refractivity contribution in [2.75, 3.05) is 40.9 Å². The molecule has 3 atom stereocenters. The Morgan fingerprint density at radius 3 is 1.15 bits per heavy atom. The summed E-state index contributed by atoms with van der Waals surface area (Å²) in [5.74, 6) is -0.536. The van der Waals surface area contributed by atoms with Gasteiger partial charge in [0.2, 0.25) is 5.91 Å². The summed E-state index contributed by atoms with van der Waals surface area (Å²) in [6.45, 7) is 6.83. The van der Waals surface area contributed by atoms with Gasteiger partial charge in [-0.25, -0.2) is 0 Å². The Balaban J connectivity index is 5.13. The fourth-order valence-corrected chi connectivity index (χ4v) is 10.6. The van der Waals surface area contributed by atoms with Gasteiger partial charge in [-0.05, 0) is 96.0 Å². The predicted octanol–water partition coefficient (Wildman–Crippen LogP) is 20.8. The van der Waals surface area contributed by atoms with Crippen LogP contribution in [0.5, 0.6) is 0 Å². The zero-order valence-electron chi connectivity index (χ0n) is 53.5. The van der Waals surface area contributed by atoms with Crippen LogP contribution in [-0.2, 0) is 27.9 Å². The van der Waals surface area contributed by atoms with E-state index in [-0.39, 0.29) is 31.5 Å². The fraction of sp³-hybridized carbons (Fsp3) is 0.829. The first-order valence-corrected chi connectivity index (χ1v) is 35.6. The molecule has 9 nitrogen and oxygen atoms in total. The lowest BCUT2D eigenvalue weighted by Crippen LogP contribution is -2.47. The molecule has 0 saturated heterocycles. The van der Waals surface area contributed by atoms with E-state index in [0.717, 1.165) is 70.6 Å². The third-order valence-corrected chi connectivity index (χ3v) is 16.1. The first-order chi connectivity index (χ1) is 38.9. The summed E-state index contributed by atoms with van der Waals surface area (Å²) in [5.41, 5.74) is 0. The summed E-state index contributed by atoms with van der Waals surface area (Å²) >= 11 is 0. The molecule has 1 N–H and O–H groups in total. The Morgan fingerprint density at radius 2 is 0.762 bits per heavy atom. The van der Waals surface area contributed by atoms with Crippen molar-refractivity contribution in [3.05, 3.63) is 60.8 Å². The molecule has 0 saturated carbocycles. The molecule has 0 aromatic heterocycles. The lowest BCUT2D eigenvalue weighted by molar-refractivity contribution is -0.870. The first kappa shape index (κ1) is 77.7. The van der Waals surface area contributed by atoms with Crippen LogP contribution < -0.4 is 10.2 Å². The second kappa shape index (κ2) is 59.9. The number of likely N-dealkylation sites (N-methyl/N-ethyl adjacent to an activating group) is 1. The summed E-state index contributed by atoms with van der Waals surface area (Å²) < 4.78 is 30.4. The Bertz CT molecular complexity index is 1550. The first-order valence-electron chi connectivity index (χ1n) is 34.1. The Morgan fingerprint density at radius 1 is 0.438 bits per heavy atom. The fourth-order valence-electron chi connectivity index (χ4n) is 9.88. The molecule has 10 heteroatoms. The highest BCUT2D eigenvalue weighted by molar-refractivity contribution is 7.45. The van der Waals surface area contributed by atoms with Crippen molar-refractivity contribution in [2.45, 2.75) is 335 Å². The molecule has 0 spiro atoms. The van der Waals surface area contributed by atoms with E-state index in [1.165, 1.54) is 218 Å². The average Bonchev–Trinajstić information content (AvgIpc) is 3.42. The third kappa shape index (κ3) is 60.3. The van der Waals surface area contributed by atoms with Gasteiger partial charge in [-0.1, -0.05) is 275 Å². The van der Waals surface area contributed by atoms with Crippen LogP contribution in [0.3, 0.4) is 0 Å². The molecule has 0 aromatic carbocycles. The molecule has 0 radical (unpaired) electrons. The van der Waals surface area contributed by atoms with Crippen molar-refractivity contribution in [3.8, 4) is 0 Å². The number of hydrogen-bond donors (Lipinski definition) is 1. The maximum Gasteiger partial charge on any atom is 0.306 e. The molecule has 0 heterocycles. The van der Waals surface area contributed by atoms with Crippen LogP contribution in [0, 0.1) is 0 Å². The molecule has 1 amide bonds. The van der Waals surface area contributed by atoms with E-state index in [4.69, 9.17) is 13.8 Å². The molecule has 80 heavy (non-hydrogen) atoms. The monoisotopic (exact) mass is 1140 g/mol. The Kier molecular flexibility index (Phi) is 58.1. The molecular formula is C70H131N2O7P. The summed E-state index contributed by atoms with van der Waals surface area (Å²) in [4.78, 5) is 40.1. The Hall–Kier alpha value is -2.29. The minimum atomic E-state index is -4.70. The number of quaternary nitrogens is 1. The van der Waals surface area contributed by atoms with Gasteiger partial charge in [0.15, 0.2) is 0 Å². The highest BCUT2D eigenvalue weighted by Gasteiger charge is 2.27. The normalized spacial score (nSPS) is 13.9. The maximum atomic E-state index is 13.6. The Labute approximate surface area is 496 Å². The standard InChI is InChI=1S/C70H131N2O7P/c1-7-10-13-16-19-22-25-28-30-32-34-36-38-40-42-44-47-50-53-56-59-62-69(73)71-67(66-78-80(75,76)77-65-64-72(4,5)6)68(61-58-55-52-49-46-27-24-21-18-15-12-9-3)79-70(74)63-60-57-54-51-48-45-43-41-39-37-35-33-31-29-26-23-20-17-14-11-8-2/h19-20,22-23,28-31,58,61,67-68H,7-18,21,24-27,32-57,59-60,62-66H2,1-6H3,(H-,71,73,75,76)/b22-19-,23-20-,30-28-,31-29-,61-58+. The molecule has 468 valence electrons. The summed E-state index contributed by atoms with van der Waals surface area (Å²) in [6, 6.07) is -0.891. The number of phosphoric acid groups is 1. The van der Waals surface area contributed by atoms with E-state index in [2.05, 4.69) is 74.7 Å². The van der Waals surface area contributed by atoms with Crippen LogP contribution in [0.1, 0.15) is 323 Å². The zero-order valence-corrected chi connectivity index (χ0v) is 54.4. The minimum absolute atomic E-state index is 0.0232. The highest BCUT2D eigenvalue weighted by atomic mass is 31.2. The number of rotatable bonds is 62. The van der Waals surface area contributed by atoms with Crippen LogP contribution in [0.2, 0.25) is 0 Å². The minimum Gasteiger partial charge on any atom is -0.756 e. The average molecular weight is 1140 g/mol. The summed E-state index contributed by atoms with van der Waals surface area (Å²) in [5, 5.41) is 3.04. The van der Waals surface area contributed by atoms with Gasteiger partial charge in [0.25, 0.3) is 7.82 Å². The third-order valence-electron chi connectivity index (χ3n) is 15.2. The molecular weight excluding hydrogens is 1010 g/mol. The molecule has 0 fully saturated rings. The van der Waals surface area contributed by atoms with Gasteiger partial charge >= 0.3 is 5.97 Å². The van der Waals surface area contributed by atoms with Crippen molar-refractivity contribution >= 4 is 19.7 Å². The van der Waals surface area contributed by atoms with E-state index >= 15 is 0 Å². The van der Waals surface area contributed by atoms with Crippen molar-refractivity contribution in [1.29, 1.82) is 0 Å². The van der Waals surface area contributed by atoms with E-state index < -0.39 is 20.0 Å². The van der Waals surface area contributed by atoms with Gasteiger partial charge in [0, 0.05) is 12.8 Å². The van der Waals surface area contributed by atoms with Crippen molar-refractivity contribution in [2.24, 2.45) is 0 Å². The zero-order chi connectivity index (χ0) is 58.6. The van der Waals surface area contributed by atoms with E-state index in [9.17, 15) is 19.0 Å². The van der Waals surface area contributed by atoms with Gasteiger partial charge in [0.05, 0.1) is 33.8 Å². The van der Waals surface area contributed by atoms with Crippen molar-refractivity contribution < 1.29 is 37.3 Å². The number of hydrogen-bond acceptors (Lipinski definition) is 7. The number of phosphoric ester groups is 1. The number of unbranched alkanes of at least 4 members (excludes halogenated alkanes) is 38. The van der Waals surface area contributed by atoms with Crippen molar-refractivity contribution in [3.63, 3.8) is 0 Å². The van der Waals surface area contributed by atoms with Gasteiger partial charge in [0.1, 0.15) is 19.3 Å². The predicted molar refractivity (Wildman–Crippen MR) is 344 cm³/mol. The van der Waals surface area contributed by atoms with Crippen molar-refractivity contribution in [1.82, 2.24) is 5.32 Å². The molecule has 0 aromatic rings.